The molecule has 1 heterocycles. The molecule has 0 saturated heterocycles. The number of hydrogen-bond donors (Lipinski definition) is 2. The van der Waals surface area contributed by atoms with Gasteiger partial charge in [0.2, 0.25) is 5.91 Å². The maximum absolute atomic E-state index is 13.2. The fraction of sp³-hybridized carbons (Fsp3) is 0.364. The van der Waals surface area contributed by atoms with Crippen LogP contribution in [0.25, 0.3) is 0 Å². The molecule has 0 aromatic heterocycles. The number of rotatable bonds is 0. The molecule has 1 fully saturated rings. The number of nitrogens with one attached hydrogen (secondary N) is 2. The number of anilines is 2. The van der Waals surface area contributed by atoms with E-state index in [1.54, 1.807) is 0 Å². The number of hydrogen-bond acceptors (Lipinski definition) is 2. The van der Waals surface area contributed by atoms with Crippen molar-refractivity contribution in [2.45, 2.75) is 24.8 Å². The largest absolute Gasteiger partial charge is 0.369 e. The van der Waals surface area contributed by atoms with Crippen molar-refractivity contribution < 1.29 is 9.18 Å². The Kier molecular flexibility index (Phi) is 1.92. The maximum atomic E-state index is 13.2. The minimum Gasteiger partial charge on any atom is -0.369 e. The number of halogens is 2. The Balaban J connectivity index is 2.05. The molecule has 0 radical (unpaired) electrons. The molecular weight excluding hydrogens is 231 g/mol. The molecule has 1 amide bonds. The van der Waals surface area contributed by atoms with Crippen LogP contribution in [0.4, 0.5) is 15.8 Å². The molecule has 1 aromatic carbocycles. The van der Waals surface area contributed by atoms with Crippen molar-refractivity contribution >= 4 is 28.9 Å². The van der Waals surface area contributed by atoms with Crippen molar-refractivity contribution in [3.63, 3.8) is 0 Å². The van der Waals surface area contributed by atoms with Gasteiger partial charge in [0.05, 0.1) is 16.4 Å². The molecule has 1 aliphatic carbocycles. The lowest BCUT2D eigenvalue weighted by molar-refractivity contribution is -0.123. The predicted molar refractivity (Wildman–Crippen MR) is 60.2 cm³/mol. The highest BCUT2D eigenvalue weighted by Gasteiger charge is 2.47. The molecule has 84 valence electrons. The molecule has 2 aliphatic rings. The molecule has 0 bridgehead atoms. The first-order valence-electron chi connectivity index (χ1n) is 5.19. The fourth-order valence-electron chi connectivity index (χ4n) is 2.19. The van der Waals surface area contributed by atoms with Crippen molar-refractivity contribution in [2.24, 2.45) is 0 Å². The van der Waals surface area contributed by atoms with Gasteiger partial charge in [-0.3, -0.25) is 4.79 Å². The van der Waals surface area contributed by atoms with Gasteiger partial charge in [0.1, 0.15) is 11.4 Å². The monoisotopic (exact) mass is 240 g/mol. The Morgan fingerprint density at radius 1 is 1.31 bits per heavy atom. The first kappa shape index (κ1) is 9.90. The number of carbonyl (C=O) groups excluding carboxylic acids is 1. The lowest BCUT2D eigenvalue weighted by Gasteiger charge is -2.44. The quantitative estimate of drug-likeness (QED) is 0.732. The van der Waals surface area contributed by atoms with Crippen LogP contribution in [0, 0.1) is 5.82 Å². The average molecular weight is 241 g/mol. The summed E-state index contributed by atoms with van der Waals surface area (Å²) in [4.78, 5) is 11.8. The van der Waals surface area contributed by atoms with Crippen molar-refractivity contribution in [3.8, 4) is 0 Å². The van der Waals surface area contributed by atoms with E-state index in [-0.39, 0.29) is 10.9 Å². The second kappa shape index (κ2) is 3.10. The van der Waals surface area contributed by atoms with Crippen molar-refractivity contribution in [1.82, 2.24) is 0 Å². The molecule has 0 atom stereocenters. The lowest BCUT2D eigenvalue weighted by Crippen LogP contribution is -2.57. The molecule has 0 unspecified atom stereocenters. The molecule has 5 heteroatoms. The van der Waals surface area contributed by atoms with Gasteiger partial charge in [-0.25, -0.2) is 4.39 Å². The Bertz CT molecular complexity index is 485. The van der Waals surface area contributed by atoms with E-state index in [2.05, 4.69) is 10.6 Å². The van der Waals surface area contributed by atoms with Gasteiger partial charge in [0, 0.05) is 6.07 Å². The van der Waals surface area contributed by atoms with Crippen molar-refractivity contribution in [3.05, 3.63) is 23.0 Å². The van der Waals surface area contributed by atoms with E-state index >= 15 is 0 Å². The maximum Gasteiger partial charge on any atom is 0.250 e. The predicted octanol–water partition coefficient (Wildman–Crippen LogP) is 2.77. The van der Waals surface area contributed by atoms with E-state index in [9.17, 15) is 9.18 Å². The molecule has 1 aliphatic heterocycles. The summed E-state index contributed by atoms with van der Waals surface area (Å²) >= 11 is 5.71. The highest BCUT2D eigenvalue weighted by Crippen LogP contribution is 2.42. The van der Waals surface area contributed by atoms with E-state index in [0.717, 1.165) is 19.3 Å². The van der Waals surface area contributed by atoms with Crippen LogP contribution in [0.1, 0.15) is 19.3 Å². The van der Waals surface area contributed by atoms with Gasteiger partial charge >= 0.3 is 0 Å². The summed E-state index contributed by atoms with van der Waals surface area (Å²) in [5.41, 5.74) is 0.670. The van der Waals surface area contributed by atoms with Crippen molar-refractivity contribution in [1.29, 1.82) is 0 Å². The topological polar surface area (TPSA) is 41.1 Å². The molecule has 1 spiro atoms. The highest BCUT2D eigenvalue weighted by molar-refractivity contribution is 6.31. The number of fused-ring (bicyclic) bond motifs is 1. The van der Waals surface area contributed by atoms with Crippen LogP contribution in [0.2, 0.25) is 5.02 Å². The SMILES string of the molecule is O=C1Nc2cc(F)c(Cl)cc2NC12CCC2. The van der Waals surface area contributed by atoms with Crippen LogP contribution in [0.5, 0.6) is 0 Å². The smallest absolute Gasteiger partial charge is 0.250 e. The Labute approximate surface area is 97.0 Å². The van der Waals surface area contributed by atoms with Gasteiger partial charge in [-0.05, 0) is 25.3 Å². The summed E-state index contributed by atoms with van der Waals surface area (Å²) in [5.74, 6) is -0.597. The van der Waals surface area contributed by atoms with E-state index in [1.165, 1.54) is 12.1 Å². The highest BCUT2D eigenvalue weighted by atomic mass is 35.5. The molecule has 2 N–H and O–H groups in total. The summed E-state index contributed by atoms with van der Waals surface area (Å²) in [6.07, 6.45) is 2.66. The normalized spacial score (nSPS) is 20.8. The molecule has 1 aromatic rings. The van der Waals surface area contributed by atoms with Gasteiger partial charge < -0.3 is 10.6 Å². The minimum atomic E-state index is -0.521. The third-order valence-corrected chi connectivity index (χ3v) is 3.61. The van der Waals surface area contributed by atoms with Crippen LogP contribution < -0.4 is 10.6 Å². The standard InChI is InChI=1S/C11H10ClFN2O/c12-6-4-9-8(5-7(6)13)14-10(16)11(15-9)2-1-3-11/h4-5,15H,1-3H2,(H,14,16). The van der Waals surface area contributed by atoms with E-state index < -0.39 is 11.4 Å². The van der Waals surface area contributed by atoms with Gasteiger partial charge in [-0.15, -0.1) is 0 Å². The lowest BCUT2D eigenvalue weighted by atomic mass is 9.74. The first-order chi connectivity index (χ1) is 7.61. The van der Waals surface area contributed by atoms with Crippen LogP contribution in [0.3, 0.4) is 0 Å². The van der Waals surface area contributed by atoms with E-state index in [4.69, 9.17) is 11.6 Å². The minimum absolute atomic E-state index is 0.0665. The first-order valence-corrected chi connectivity index (χ1v) is 5.57. The van der Waals surface area contributed by atoms with Gasteiger partial charge in [-0.2, -0.15) is 0 Å². The Hall–Kier alpha value is -1.29. The van der Waals surface area contributed by atoms with Crippen molar-refractivity contribution in [2.75, 3.05) is 10.6 Å². The van der Waals surface area contributed by atoms with Crippen LogP contribution in [-0.4, -0.2) is 11.4 Å². The Morgan fingerprint density at radius 2 is 2.06 bits per heavy atom. The van der Waals surface area contributed by atoms with Gasteiger partial charge in [-0.1, -0.05) is 11.6 Å². The summed E-state index contributed by atoms with van der Waals surface area (Å²) in [6, 6.07) is 2.76. The second-order valence-electron chi connectivity index (χ2n) is 4.33. The molecular formula is C11H10ClFN2O. The molecule has 16 heavy (non-hydrogen) atoms. The van der Waals surface area contributed by atoms with Gasteiger partial charge in [0.15, 0.2) is 0 Å². The summed E-state index contributed by atoms with van der Waals surface area (Å²) in [7, 11) is 0. The number of amides is 1. The summed E-state index contributed by atoms with van der Waals surface area (Å²) < 4.78 is 13.2. The van der Waals surface area contributed by atoms with E-state index in [0.29, 0.717) is 11.4 Å². The third-order valence-electron chi connectivity index (χ3n) is 3.32. The average Bonchev–Trinajstić information content (AvgIpc) is 2.17. The number of benzene rings is 1. The zero-order chi connectivity index (χ0) is 11.3. The zero-order valence-corrected chi connectivity index (χ0v) is 9.20. The Morgan fingerprint density at radius 3 is 2.69 bits per heavy atom. The van der Waals surface area contributed by atoms with Crippen LogP contribution in [-0.2, 0) is 4.79 Å². The molecule has 3 rings (SSSR count). The third kappa shape index (κ3) is 1.23. The summed E-state index contributed by atoms with van der Waals surface area (Å²) in [5, 5.41) is 5.95. The van der Waals surface area contributed by atoms with Crippen LogP contribution >= 0.6 is 11.6 Å². The molecule has 1 saturated carbocycles. The zero-order valence-electron chi connectivity index (χ0n) is 8.44. The molecule has 3 nitrogen and oxygen atoms in total. The second-order valence-corrected chi connectivity index (χ2v) is 4.73. The number of carbonyl (C=O) groups is 1. The van der Waals surface area contributed by atoms with E-state index in [1.807, 2.05) is 0 Å². The van der Waals surface area contributed by atoms with Crippen LogP contribution in [0.15, 0.2) is 12.1 Å². The fourth-order valence-corrected chi connectivity index (χ4v) is 2.36. The summed E-state index contributed by atoms with van der Waals surface area (Å²) in [6.45, 7) is 0. The van der Waals surface area contributed by atoms with Gasteiger partial charge in [0.25, 0.3) is 0 Å².